The number of aryl methyl sites for hydroxylation is 2. The van der Waals surface area contributed by atoms with Crippen LogP contribution in [0.15, 0.2) is 39.8 Å². The van der Waals surface area contributed by atoms with Gasteiger partial charge in [-0.3, -0.25) is 14.9 Å². The first-order valence-electron chi connectivity index (χ1n) is 9.88. The Balaban J connectivity index is 1.84. The zero-order chi connectivity index (χ0) is 22.7. The zero-order valence-corrected chi connectivity index (χ0v) is 18.9. The summed E-state index contributed by atoms with van der Waals surface area (Å²) < 4.78 is 10.6. The third kappa shape index (κ3) is 4.80. The molecule has 8 heteroatoms. The molecule has 0 aliphatic rings. The Morgan fingerprint density at radius 3 is 2.58 bits per heavy atom. The summed E-state index contributed by atoms with van der Waals surface area (Å²) in [4.78, 5) is 41.9. The Labute approximate surface area is 184 Å². The van der Waals surface area contributed by atoms with Crippen LogP contribution in [0.5, 0.6) is 0 Å². The number of nitrogens with zero attached hydrogens (tertiary/aromatic N) is 1. The third-order valence-electron chi connectivity index (χ3n) is 4.72. The number of carbonyl (C=O) groups excluding carboxylic acids is 3. The smallest absolute Gasteiger partial charge is 0.344 e. The molecular weight excluding hydrogens is 416 g/mol. The molecule has 3 aromatic rings. The molecule has 2 aromatic heterocycles. The maximum atomic E-state index is 12.8. The topological polar surface area (TPSA) is 98.5 Å². The van der Waals surface area contributed by atoms with E-state index >= 15 is 0 Å². The summed E-state index contributed by atoms with van der Waals surface area (Å²) in [5, 5.41) is 3.87. The molecule has 2 heterocycles. The van der Waals surface area contributed by atoms with Gasteiger partial charge < -0.3 is 9.15 Å². The predicted octanol–water partition coefficient (Wildman–Crippen LogP) is 4.94. The van der Waals surface area contributed by atoms with E-state index in [0.29, 0.717) is 5.03 Å². The SMILES string of the molecule is CCOC(=O)c1c(NC(=O)C(C)Sc2cc(C)c3ccccc3n2)oc(C)c1C(C)=O. The van der Waals surface area contributed by atoms with Crippen molar-refractivity contribution in [3.63, 3.8) is 0 Å². The number of pyridine rings is 1. The average Bonchev–Trinajstić information content (AvgIpc) is 3.04. The molecule has 1 unspecified atom stereocenters. The number of carbonyl (C=O) groups is 3. The van der Waals surface area contributed by atoms with Gasteiger partial charge in [0, 0.05) is 5.39 Å². The van der Waals surface area contributed by atoms with Crippen molar-refractivity contribution >= 4 is 46.2 Å². The van der Waals surface area contributed by atoms with Crippen LogP contribution in [0.3, 0.4) is 0 Å². The van der Waals surface area contributed by atoms with Crippen LogP contribution in [0.4, 0.5) is 5.88 Å². The minimum Gasteiger partial charge on any atom is -0.462 e. The Morgan fingerprint density at radius 1 is 1.19 bits per heavy atom. The minimum absolute atomic E-state index is 0.0583. The largest absolute Gasteiger partial charge is 0.462 e. The van der Waals surface area contributed by atoms with Gasteiger partial charge in [-0.2, -0.15) is 0 Å². The average molecular weight is 441 g/mol. The van der Waals surface area contributed by atoms with Crippen LogP contribution >= 0.6 is 11.8 Å². The number of amides is 1. The molecule has 1 N–H and O–H groups in total. The van der Waals surface area contributed by atoms with Crippen LogP contribution in [-0.2, 0) is 9.53 Å². The molecule has 0 aliphatic heterocycles. The molecular formula is C23H24N2O5S. The van der Waals surface area contributed by atoms with Crippen molar-refractivity contribution in [3.05, 3.63) is 52.8 Å². The van der Waals surface area contributed by atoms with E-state index in [1.807, 2.05) is 37.3 Å². The molecule has 0 radical (unpaired) electrons. The summed E-state index contributed by atoms with van der Waals surface area (Å²) in [6.07, 6.45) is 0. The van der Waals surface area contributed by atoms with Gasteiger partial charge in [0.05, 0.1) is 28.0 Å². The van der Waals surface area contributed by atoms with Gasteiger partial charge in [-0.05, 0) is 52.3 Å². The van der Waals surface area contributed by atoms with Gasteiger partial charge >= 0.3 is 5.97 Å². The Morgan fingerprint density at radius 2 is 1.90 bits per heavy atom. The van der Waals surface area contributed by atoms with Crippen LogP contribution in [-0.4, -0.2) is 34.5 Å². The number of nitrogens with one attached hydrogen (secondary N) is 1. The van der Waals surface area contributed by atoms with E-state index in [4.69, 9.17) is 9.15 Å². The number of ketones is 1. The van der Waals surface area contributed by atoms with E-state index in [1.54, 1.807) is 20.8 Å². The number of rotatable bonds is 7. The van der Waals surface area contributed by atoms with Crippen molar-refractivity contribution in [1.29, 1.82) is 0 Å². The zero-order valence-electron chi connectivity index (χ0n) is 18.1. The van der Waals surface area contributed by atoms with Crippen molar-refractivity contribution in [2.24, 2.45) is 0 Å². The van der Waals surface area contributed by atoms with E-state index < -0.39 is 11.2 Å². The fourth-order valence-electron chi connectivity index (χ4n) is 3.28. The highest BCUT2D eigenvalue weighted by Crippen LogP contribution is 2.31. The van der Waals surface area contributed by atoms with E-state index in [-0.39, 0.29) is 41.1 Å². The first-order valence-corrected chi connectivity index (χ1v) is 10.8. The van der Waals surface area contributed by atoms with Gasteiger partial charge in [0.1, 0.15) is 11.3 Å². The molecule has 162 valence electrons. The summed E-state index contributed by atoms with van der Waals surface area (Å²) in [7, 11) is 0. The highest BCUT2D eigenvalue weighted by atomic mass is 32.2. The summed E-state index contributed by atoms with van der Waals surface area (Å²) in [6.45, 7) is 8.42. The number of fused-ring (bicyclic) bond motifs is 1. The molecule has 0 fully saturated rings. The number of benzene rings is 1. The number of furan rings is 1. The van der Waals surface area contributed by atoms with Crippen molar-refractivity contribution in [2.45, 2.75) is 44.9 Å². The molecule has 7 nitrogen and oxygen atoms in total. The maximum Gasteiger partial charge on any atom is 0.344 e. The molecule has 3 rings (SSSR count). The van der Waals surface area contributed by atoms with Gasteiger partial charge in [0.2, 0.25) is 11.8 Å². The number of hydrogen-bond donors (Lipinski definition) is 1. The van der Waals surface area contributed by atoms with Crippen molar-refractivity contribution in [2.75, 3.05) is 11.9 Å². The fraction of sp³-hybridized carbons (Fsp3) is 0.304. The van der Waals surface area contributed by atoms with Gasteiger partial charge in [0.25, 0.3) is 0 Å². The summed E-state index contributed by atoms with van der Waals surface area (Å²) in [5.41, 5.74) is 1.98. The molecule has 1 aromatic carbocycles. The highest BCUT2D eigenvalue weighted by molar-refractivity contribution is 8.00. The van der Waals surface area contributed by atoms with E-state index in [2.05, 4.69) is 10.3 Å². The molecule has 1 amide bonds. The maximum absolute atomic E-state index is 12.8. The predicted molar refractivity (Wildman–Crippen MR) is 120 cm³/mol. The summed E-state index contributed by atoms with van der Waals surface area (Å²) in [5.74, 6) is -1.28. The molecule has 31 heavy (non-hydrogen) atoms. The molecule has 0 saturated heterocycles. The number of Topliss-reactive ketones (excluding diaryl/α,β-unsaturated/α-hetero) is 1. The van der Waals surface area contributed by atoms with Crippen LogP contribution < -0.4 is 5.32 Å². The second-order valence-electron chi connectivity index (χ2n) is 7.06. The summed E-state index contributed by atoms with van der Waals surface area (Å²) in [6, 6.07) is 9.75. The number of thioether (sulfide) groups is 1. The van der Waals surface area contributed by atoms with Gasteiger partial charge in [-0.25, -0.2) is 9.78 Å². The lowest BCUT2D eigenvalue weighted by Crippen LogP contribution is -2.24. The van der Waals surface area contributed by atoms with E-state index in [1.165, 1.54) is 18.7 Å². The molecule has 0 aliphatic carbocycles. The number of ether oxygens (including phenoxy) is 1. The number of para-hydroxylation sites is 1. The Kier molecular flexibility index (Phi) is 6.80. The van der Waals surface area contributed by atoms with Crippen LogP contribution in [0.1, 0.15) is 52.8 Å². The first-order chi connectivity index (χ1) is 14.7. The first kappa shape index (κ1) is 22.6. The second-order valence-corrected chi connectivity index (χ2v) is 8.42. The Bertz CT molecular complexity index is 1170. The number of esters is 1. The minimum atomic E-state index is -0.716. The lowest BCUT2D eigenvalue weighted by atomic mass is 10.1. The van der Waals surface area contributed by atoms with Crippen LogP contribution in [0.25, 0.3) is 10.9 Å². The fourth-order valence-corrected chi connectivity index (χ4v) is 4.21. The van der Waals surface area contributed by atoms with Crippen molar-refractivity contribution in [3.8, 4) is 0 Å². The lowest BCUT2D eigenvalue weighted by molar-refractivity contribution is -0.115. The van der Waals surface area contributed by atoms with Gasteiger partial charge in [0.15, 0.2) is 5.78 Å². The highest BCUT2D eigenvalue weighted by Gasteiger charge is 2.29. The van der Waals surface area contributed by atoms with Crippen LogP contribution in [0, 0.1) is 13.8 Å². The van der Waals surface area contributed by atoms with Crippen LogP contribution in [0.2, 0.25) is 0 Å². The quantitative estimate of drug-likeness (QED) is 0.315. The Hall–Kier alpha value is -3.13. The van der Waals surface area contributed by atoms with E-state index in [0.717, 1.165) is 16.5 Å². The van der Waals surface area contributed by atoms with E-state index in [9.17, 15) is 14.4 Å². The molecule has 1 atom stereocenters. The number of hydrogen-bond acceptors (Lipinski definition) is 7. The summed E-state index contributed by atoms with van der Waals surface area (Å²) >= 11 is 1.29. The lowest BCUT2D eigenvalue weighted by Gasteiger charge is -2.12. The second kappa shape index (κ2) is 9.34. The molecule has 0 bridgehead atoms. The van der Waals surface area contributed by atoms with Crippen molar-refractivity contribution < 1.29 is 23.5 Å². The normalized spacial score (nSPS) is 11.9. The van der Waals surface area contributed by atoms with Gasteiger partial charge in [-0.1, -0.05) is 30.0 Å². The monoisotopic (exact) mass is 440 g/mol. The number of anilines is 1. The standard InChI is InChI=1S/C23H24N2O5S/c1-6-29-23(28)20-19(13(3)26)14(4)30-22(20)25-21(27)15(5)31-18-11-12(2)16-9-7-8-10-17(16)24-18/h7-11,15H,6H2,1-5H3,(H,25,27). The van der Waals surface area contributed by atoms with Gasteiger partial charge in [-0.15, -0.1) is 0 Å². The third-order valence-corrected chi connectivity index (χ3v) is 5.74. The molecule has 0 spiro atoms. The number of aromatic nitrogens is 1. The van der Waals surface area contributed by atoms with Crippen molar-refractivity contribution in [1.82, 2.24) is 4.98 Å². The molecule has 0 saturated carbocycles.